The van der Waals surface area contributed by atoms with Crippen molar-refractivity contribution in [3.63, 3.8) is 0 Å². The van der Waals surface area contributed by atoms with Crippen molar-refractivity contribution in [2.24, 2.45) is 5.73 Å². The van der Waals surface area contributed by atoms with Gasteiger partial charge in [0.1, 0.15) is 5.75 Å². The van der Waals surface area contributed by atoms with Crippen LogP contribution in [0.5, 0.6) is 5.75 Å². The number of anilines is 1. The maximum atomic E-state index is 12.1. The molecular weight excluding hydrogens is 252 g/mol. The average molecular weight is 270 g/mol. The van der Waals surface area contributed by atoms with Gasteiger partial charge in [0.2, 0.25) is 0 Å². The summed E-state index contributed by atoms with van der Waals surface area (Å²) in [5.41, 5.74) is 8.69. The van der Waals surface area contributed by atoms with Crippen molar-refractivity contribution in [2.45, 2.75) is 19.9 Å². The zero-order valence-corrected chi connectivity index (χ0v) is 11.6. The number of amides is 1. The molecule has 0 aromatic heterocycles. The van der Waals surface area contributed by atoms with Gasteiger partial charge < -0.3 is 16.2 Å². The molecule has 0 spiro atoms. The minimum Gasteiger partial charge on any atom is -0.508 e. The van der Waals surface area contributed by atoms with Crippen molar-refractivity contribution in [2.75, 3.05) is 5.32 Å². The Balaban J connectivity index is 2.12. The molecule has 0 heterocycles. The fraction of sp³-hybridized carbons (Fsp3) is 0.188. The van der Waals surface area contributed by atoms with Crippen molar-refractivity contribution in [1.29, 1.82) is 0 Å². The van der Waals surface area contributed by atoms with Gasteiger partial charge in [-0.25, -0.2) is 0 Å². The molecule has 4 N–H and O–H groups in total. The zero-order valence-electron chi connectivity index (χ0n) is 11.6. The molecule has 1 unspecified atom stereocenters. The molecule has 4 heteroatoms. The topological polar surface area (TPSA) is 75.4 Å². The Bertz CT molecular complexity index is 619. The maximum absolute atomic E-state index is 12.1. The third kappa shape index (κ3) is 3.16. The molecule has 0 fully saturated rings. The number of nitrogens with two attached hydrogens (primary N) is 1. The largest absolute Gasteiger partial charge is 0.508 e. The number of aryl methyl sites for hydroxylation is 1. The number of nitrogens with one attached hydrogen (secondary N) is 1. The summed E-state index contributed by atoms with van der Waals surface area (Å²) in [6.45, 7) is 3.66. The van der Waals surface area contributed by atoms with E-state index >= 15 is 0 Å². The Morgan fingerprint density at radius 3 is 2.40 bits per heavy atom. The number of aromatic hydroxyl groups is 1. The first-order chi connectivity index (χ1) is 9.47. The zero-order chi connectivity index (χ0) is 14.7. The van der Waals surface area contributed by atoms with Gasteiger partial charge in [0, 0.05) is 17.3 Å². The molecule has 0 aliphatic heterocycles. The molecular formula is C16H18N2O2. The van der Waals surface area contributed by atoms with Crippen LogP contribution in [-0.2, 0) is 0 Å². The van der Waals surface area contributed by atoms with Crippen molar-refractivity contribution >= 4 is 11.6 Å². The van der Waals surface area contributed by atoms with Gasteiger partial charge in [0.25, 0.3) is 5.91 Å². The van der Waals surface area contributed by atoms with Crippen LogP contribution in [0.1, 0.15) is 34.5 Å². The van der Waals surface area contributed by atoms with Gasteiger partial charge in [-0.1, -0.05) is 12.1 Å². The van der Waals surface area contributed by atoms with E-state index in [1.54, 1.807) is 19.1 Å². The second-order valence-electron chi connectivity index (χ2n) is 4.87. The average Bonchev–Trinajstić information content (AvgIpc) is 2.42. The molecule has 1 atom stereocenters. The van der Waals surface area contributed by atoms with Crippen LogP contribution in [0.25, 0.3) is 0 Å². The lowest BCUT2D eigenvalue weighted by Crippen LogP contribution is -2.12. The molecule has 4 nitrogen and oxygen atoms in total. The predicted molar refractivity (Wildman–Crippen MR) is 79.8 cm³/mol. The van der Waals surface area contributed by atoms with Crippen LogP contribution in [-0.4, -0.2) is 11.0 Å². The first-order valence-electron chi connectivity index (χ1n) is 6.44. The first-order valence-corrected chi connectivity index (χ1v) is 6.44. The highest BCUT2D eigenvalue weighted by Crippen LogP contribution is 2.19. The second kappa shape index (κ2) is 5.75. The lowest BCUT2D eigenvalue weighted by molar-refractivity contribution is 0.102. The molecule has 2 aromatic rings. The molecule has 0 aliphatic rings. The molecule has 2 rings (SSSR count). The molecule has 0 radical (unpaired) electrons. The SMILES string of the molecule is Cc1cc(C(=O)Nc2ccc(C(C)N)cc2)ccc1O. The van der Waals surface area contributed by atoms with E-state index in [9.17, 15) is 9.90 Å². The first kappa shape index (κ1) is 14.1. The van der Waals surface area contributed by atoms with Crippen molar-refractivity contribution in [3.05, 3.63) is 59.2 Å². The van der Waals surface area contributed by atoms with Gasteiger partial charge in [0.05, 0.1) is 0 Å². The van der Waals surface area contributed by atoms with Crippen LogP contribution < -0.4 is 11.1 Å². The highest BCUT2D eigenvalue weighted by molar-refractivity contribution is 6.04. The Kier molecular flexibility index (Phi) is 4.05. The Morgan fingerprint density at radius 2 is 1.85 bits per heavy atom. The minimum atomic E-state index is -0.207. The van der Waals surface area contributed by atoms with Gasteiger partial charge in [-0.2, -0.15) is 0 Å². The van der Waals surface area contributed by atoms with E-state index in [0.717, 1.165) is 5.56 Å². The van der Waals surface area contributed by atoms with Crippen LogP contribution in [0.2, 0.25) is 0 Å². The number of phenols is 1. The van der Waals surface area contributed by atoms with Gasteiger partial charge in [-0.15, -0.1) is 0 Å². The summed E-state index contributed by atoms with van der Waals surface area (Å²) in [5, 5.41) is 12.3. The van der Waals surface area contributed by atoms with Crippen LogP contribution in [0.3, 0.4) is 0 Å². The quantitative estimate of drug-likeness (QED) is 0.802. The summed E-state index contributed by atoms with van der Waals surface area (Å²) in [6.07, 6.45) is 0. The lowest BCUT2D eigenvalue weighted by Gasteiger charge is -2.09. The van der Waals surface area contributed by atoms with E-state index in [1.165, 1.54) is 6.07 Å². The fourth-order valence-corrected chi connectivity index (χ4v) is 1.87. The molecule has 1 amide bonds. The Labute approximate surface area is 118 Å². The highest BCUT2D eigenvalue weighted by atomic mass is 16.3. The van der Waals surface area contributed by atoms with E-state index in [-0.39, 0.29) is 17.7 Å². The Morgan fingerprint density at radius 1 is 1.20 bits per heavy atom. The third-order valence-corrected chi connectivity index (χ3v) is 3.15. The Hall–Kier alpha value is -2.33. The van der Waals surface area contributed by atoms with E-state index in [0.29, 0.717) is 16.8 Å². The maximum Gasteiger partial charge on any atom is 0.255 e. The van der Waals surface area contributed by atoms with E-state index in [4.69, 9.17) is 5.73 Å². The van der Waals surface area contributed by atoms with Crippen molar-refractivity contribution in [3.8, 4) is 5.75 Å². The number of carbonyl (C=O) groups excluding carboxylic acids is 1. The predicted octanol–water partition coefficient (Wildman–Crippen LogP) is 2.97. The van der Waals surface area contributed by atoms with Crippen LogP contribution >= 0.6 is 0 Å². The number of benzene rings is 2. The summed E-state index contributed by atoms with van der Waals surface area (Å²) in [7, 11) is 0. The van der Waals surface area contributed by atoms with Gasteiger partial charge in [-0.3, -0.25) is 4.79 Å². The third-order valence-electron chi connectivity index (χ3n) is 3.15. The molecule has 0 aliphatic carbocycles. The number of hydrogen-bond acceptors (Lipinski definition) is 3. The standard InChI is InChI=1S/C16H18N2O2/c1-10-9-13(5-8-15(10)19)16(20)18-14-6-3-12(4-7-14)11(2)17/h3-9,11,19H,17H2,1-2H3,(H,18,20). The van der Waals surface area contributed by atoms with Gasteiger partial charge in [0.15, 0.2) is 0 Å². The number of rotatable bonds is 3. The summed E-state index contributed by atoms with van der Waals surface area (Å²) in [4.78, 5) is 12.1. The van der Waals surface area contributed by atoms with Crippen molar-refractivity contribution in [1.82, 2.24) is 0 Å². The summed E-state index contributed by atoms with van der Waals surface area (Å²) < 4.78 is 0. The van der Waals surface area contributed by atoms with Gasteiger partial charge in [-0.05, 0) is 55.3 Å². The molecule has 20 heavy (non-hydrogen) atoms. The summed E-state index contributed by atoms with van der Waals surface area (Å²) >= 11 is 0. The number of phenolic OH excluding ortho intramolecular Hbond substituents is 1. The molecule has 0 saturated heterocycles. The molecule has 104 valence electrons. The summed E-state index contributed by atoms with van der Waals surface area (Å²) in [5.74, 6) is -0.0236. The number of hydrogen-bond donors (Lipinski definition) is 3. The molecule has 0 saturated carbocycles. The number of carbonyl (C=O) groups is 1. The monoisotopic (exact) mass is 270 g/mol. The molecule has 2 aromatic carbocycles. The van der Waals surface area contributed by atoms with E-state index in [1.807, 2.05) is 31.2 Å². The highest BCUT2D eigenvalue weighted by Gasteiger charge is 2.08. The van der Waals surface area contributed by atoms with Crippen molar-refractivity contribution < 1.29 is 9.90 Å². The van der Waals surface area contributed by atoms with Crippen LogP contribution in [0.4, 0.5) is 5.69 Å². The molecule has 0 bridgehead atoms. The van der Waals surface area contributed by atoms with Gasteiger partial charge >= 0.3 is 0 Å². The summed E-state index contributed by atoms with van der Waals surface area (Å²) in [6, 6.07) is 12.2. The minimum absolute atomic E-state index is 0.0282. The van der Waals surface area contributed by atoms with E-state index < -0.39 is 0 Å². The van der Waals surface area contributed by atoms with Crippen LogP contribution in [0, 0.1) is 6.92 Å². The van der Waals surface area contributed by atoms with E-state index in [2.05, 4.69) is 5.32 Å². The lowest BCUT2D eigenvalue weighted by atomic mass is 10.1. The fourth-order valence-electron chi connectivity index (χ4n) is 1.87. The smallest absolute Gasteiger partial charge is 0.255 e. The van der Waals surface area contributed by atoms with Crippen LogP contribution in [0.15, 0.2) is 42.5 Å². The second-order valence-corrected chi connectivity index (χ2v) is 4.87. The normalized spacial score (nSPS) is 11.9.